The average molecular weight is 316 g/mol. The van der Waals surface area contributed by atoms with Crippen molar-refractivity contribution in [2.24, 2.45) is 11.1 Å². The number of ketones is 1. The summed E-state index contributed by atoms with van der Waals surface area (Å²) in [7, 11) is 1.75. The molecule has 0 spiro atoms. The molecule has 120 valence electrons. The summed E-state index contributed by atoms with van der Waals surface area (Å²) in [5.41, 5.74) is 8.13. The molecule has 0 atom stereocenters. The number of carbonyl (C=O) groups excluding carboxylic acids is 2. The number of nitrogens with two attached hydrogens (primary N) is 1. The van der Waals surface area contributed by atoms with Gasteiger partial charge in [0.1, 0.15) is 5.69 Å². The Kier molecular flexibility index (Phi) is 6.64. The molecule has 5 nitrogen and oxygen atoms in total. The van der Waals surface area contributed by atoms with Gasteiger partial charge in [-0.05, 0) is 38.3 Å². The number of hydrogen-bond acceptors (Lipinski definition) is 3. The molecule has 0 fully saturated rings. The lowest BCUT2D eigenvalue weighted by Crippen LogP contribution is -2.40. The van der Waals surface area contributed by atoms with Crippen LogP contribution in [-0.2, 0) is 0 Å². The summed E-state index contributed by atoms with van der Waals surface area (Å²) in [5, 5.41) is 0. The standard InChI is InChI=1S/C15H25N3O2.ClH/c1-9-12(11(3)19)10(2)17-13(9)14(20)18(6)8-15(4,5)7-16;/h17H,7-8,16H2,1-6H3;1H. The van der Waals surface area contributed by atoms with Gasteiger partial charge < -0.3 is 15.6 Å². The van der Waals surface area contributed by atoms with Crippen LogP contribution in [0.1, 0.15) is 52.9 Å². The molecular weight excluding hydrogens is 290 g/mol. The number of nitrogens with zero attached hydrogens (tertiary/aromatic N) is 1. The molecule has 0 aromatic carbocycles. The van der Waals surface area contributed by atoms with Crippen molar-refractivity contribution in [1.29, 1.82) is 0 Å². The number of rotatable bonds is 5. The lowest BCUT2D eigenvalue weighted by molar-refractivity contribution is 0.0734. The predicted octanol–water partition coefficient (Wildman–Crippen LogP) is 2.31. The van der Waals surface area contributed by atoms with Crippen molar-refractivity contribution >= 4 is 24.1 Å². The molecule has 0 aliphatic carbocycles. The fourth-order valence-electron chi connectivity index (χ4n) is 2.46. The van der Waals surface area contributed by atoms with E-state index in [0.717, 1.165) is 11.3 Å². The molecule has 0 bridgehead atoms. The lowest BCUT2D eigenvalue weighted by atomic mass is 9.93. The lowest BCUT2D eigenvalue weighted by Gasteiger charge is -2.29. The second-order valence-electron chi connectivity index (χ2n) is 6.21. The van der Waals surface area contributed by atoms with Crippen molar-refractivity contribution in [3.63, 3.8) is 0 Å². The number of H-pyrrole nitrogens is 1. The topological polar surface area (TPSA) is 79.2 Å². The number of aromatic amines is 1. The van der Waals surface area contributed by atoms with Crippen LogP contribution < -0.4 is 5.73 Å². The molecule has 0 radical (unpaired) electrons. The number of carbonyl (C=O) groups is 2. The van der Waals surface area contributed by atoms with Crippen LogP contribution in [0, 0.1) is 19.3 Å². The van der Waals surface area contributed by atoms with Crippen LogP contribution in [0.3, 0.4) is 0 Å². The fourth-order valence-corrected chi connectivity index (χ4v) is 2.46. The molecule has 0 aliphatic heterocycles. The monoisotopic (exact) mass is 315 g/mol. The van der Waals surface area contributed by atoms with E-state index in [2.05, 4.69) is 4.98 Å². The second-order valence-corrected chi connectivity index (χ2v) is 6.21. The van der Waals surface area contributed by atoms with Gasteiger partial charge in [0.05, 0.1) is 0 Å². The van der Waals surface area contributed by atoms with Gasteiger partial charge in [0.15, 0.2) is 5.78 Å². The molecule has 21 heavy (non-hydrogen) atoms. The van der Waals surface area contributed by atoms with Crippen LogP contribution in [0.25, 0.3) is 0 Å². The molecule has 1 heterocycles. The van der Waals surface area contributed by atoms with Gasteiger partial charge >= 0.3 is 0 Å². The van der Waals surface area contributed by atoms with Crippen LogP contribution >= 0.6 is 12.4 Å². The molecule has 0 aliphatic rings. The highest BCUT2D eigenvalue weighted by molar-refractivity contribution is 6.02. The molecule has 6 heteroatoms. The zero-order valence-electron chi connectivity index (χ0n) is 13.7. The minimum absolute atomic E-state index is 0. The van der Waals surface area contributed by atoms with E-state index in [1.807, 2.05) is 20.8 Å². The minimum atomic E-state index is -0.136. The van der Waals surface area contributed by atoms with Crippen LogP contribution in [0.2, 0.25) is 0 Å². The molecule has 1 aromatic heterocycles. The van der Waals surface area contributed by atoms with Gasteiger partial charge in [0, 0.05) is 24.8 Å². The molecule has 0 unspecified atom stereocenters. The minimum Gasteiger partial charge on any atom is -0.354 e. The van der Waals surface area contributed by atoms with E-state index in [9.17, 15) is 9.59 Å². The molecule has 3 N–H and O–H groups in total. The Balaban J connectivity index is 0.00000400. The van der Waals surface area contributed by atoms with Crippen LogP contribution in [-0.4, -0.2) is 41.7 Å². The van der Waals surface area contributed by atoms with Crippen LogP contribution in [0.5, 0.6) is 0 Å². The smallest absolute Gasteiger partial charge is 0.270 e. The molecule has 0 saturated carbocycles. The highest BCUT2D eigenvalue weighted by Gasteiger charge is 2.25. The first-order chi connectivity index (χ1) is 9.10. The van der Waals surface area contributed by atoms with Crippen molar-refractivity contribution < 1.29 is 9.59 Å². The Hall–Kier alpha value is -1.33. The summed E-state index contributed by atoms with van der Waals surface area (Å²) in [6, 6.07) is 0. The number of nitrogens with one attached hydrogen (secondary N) is 1. The maximum absolute atomic E-state index is 12.5. The van der Waals surface area contributed by atoms with Gasteiger partial charge in [0.25, 0.3) is 5.91 Å². The van der Waals surface area contributed by atoms with Gasteiger partial charge in [-0.15, -0.1) is 12.4 Å². The molecule has 1 amide bonds. The normalized spacial score (nSPS) is 11.0. The van der Waals surface area contributed by atoms with E-state index in [0.29, 0.717) is 24.3 Å². The highest BCUT2D eigenvalue weighted by Crippen LogP contribution is 2.21. The number of aryl methyl sites for hydroxylation is 1. The van der Waals surface area contributed by atoms with Gasteiger partial charge in [-0.3, -0.25) is 9.59 Å². The van der Waals surface area contributed by atoms with E-state index >= 15 is 0 Å². The Morgan fingerprint density at radius 2 is 1.81 bits per heavy atom. The highest BCUT2D eigenvalue weighted by atomic mass is 35.5. The first-order valence-corrected chi connectivity index (χ1v) is 6.76. The van der Waals surface area contributed by atoms with Gasteiger partial charge in [0.2, 0.25) is 0 Å². The average Bonchev–Trinajstić information content (AvgIpc) is 2.63. The summed E-state index contributed by atoms with van der Waals surface area (Å²) in [4.78, 5) is 28.8. The Morgan fingerprint density at radius 3 is 2.19 bits per heavy atom. The van der Waals surface area contributed by atoms with Crippen molar-refractivity contribution in [3.05, 3.63) is 22.5 Å². The Labute approximate surface area is 132 Å². The van der Waals surface area contributed by atoms with Crippen molar-refractivity contribution in [3.8, 4) is 0 Å². The third-order valence-electron chi connectivity index (χ3n) is 3.57. The fraction of sp³-hybridized carbons (Fsp3) is 0.600. The number of hydrogen-bond donors (Lipinski definition) is 2. The van der Waals surface area contributed by atoms with Crippen molar-refractivity contribution in [2.45, 2.75) is 34.6 Å². The van der Waals surface area contributed by atoms with E-state index in [4.69, 9.17) is 5.73 Å². The zero-order chi connectivity index (χ0) is 15.7. The molecule has 1 aromatic rings. The Morgan fingerprint density at radius 1 is 1.29 bits per heavy atom. The summed E-state index contributed by atoms with van der Waals surface area (Å²) in [6.07, 6.45) is 0. The summed E-state index contributed by atoms with van der Waals surface area (Å²) < 4.78 is 0. The largest absolute Gasteiger partial charge is 0.354 e. The van der Waals surface area contributed by atoms with Crippen molar-refractivity contribution in [2.75, 3.05) is 20.1 Å². The van der Waals surface area contributed by atoms with Crippen LogP contribution in [0.4, 0.5) is 0 Å². The van der Waals surface area contributed by atoms with Gasteiger partial charge in [-0.2, -0.15) is 0 Å². The SMILES string of the molecule is CC(=O)c1c(C)[nH]c(C(=O)N(C)CC(C)(C)CN)c1C.Cl. The van der Waals surface area contributed by atoms with E-state index < -0.39 is 0 Å². The summed E-state index contributed by atoms with van der Waals surface area (Å²) in [5.74, 6) is -0.139. The maximum Gasteiger partial charge on any atom is 0.270 e. The third kappa shape index (κ3) is 4.32. The molecule has 0 saturated heterocycles. The number of Topliss-reactive ketones (excluding diaryl/α,β-unsaturated/α-hetero) is 1. The van der Waals surface area contributed by atoms with Crippen LogP contribution in [0.15, 0.2) is 0 Å². The van der Waals surface area contributed by atoms with E-state index in [1.54, 1.807) is 18.9 Å². The molecular formula is C15H26ClN3O2. The van der Waals surface area contributed by atoms with E-state index in [1.165, 1.54) is 6.92 Å². The Bertz CT molecular complexity index is 535. The second kappa shape index (κ2) is 7.09. The number of halogens is 1. The van der Waals surface area contributed by atoms with Gasteiger partial charge in [-0.25, -0.2) is 0 Å². The third-order valence-corrected chi connectivity index (χ3v) is 3.57. The van der Waals surface area contributed by atoms with Gasteiger partial charge in [-0.1, -0.05) is 13.8 Å². The summed E-state index contributed by atoms with van der Waals surface area (Å²) >= 11 is 0. The van der Waals surface area contributed by atoms with E-state index in [-0.39, 0.29) is 29.5 Å². The first-order valence-electron chi connectivity index (χ1n) is 6.76. The number of amides is 1. The summed E-state index contributed by atoms with van der Waals surface area (Å²) in [6.45, 7) is 10.2. The number of aromatic nitrogens is 1. The molecule has 1 rings (SSSR count). The van der Waals surface area contributed by atoms with Crippen molar-refractivity contribution in [1.82, 2.24) is 9.88 Å². The first kappa shape index (κ1) is 19.7. The zero-order valence-corrected chi connectivity index (χ0v) is 14.5. The predicted molar refractivity (Wildman–Crippen MR) is 87.3 cm³/mol. The quantitative estimate of drug-likeness (QED) is 0.818. The maximum atomic E-state index is 12.5.